The summed E-state index contributed by atoms with van der Waals surface area (Å²) >= 11 is 0. The third-order valence-corrected chi connectivity index (χ3v) is 9.57. The van der Waals surface area contributed by atoms with Gasteiger partial charge in [-0.05, 0) is 91.6 Å². The summed E-state index contributed by atoms with van der Waals surface area (Å²) in [4.78, 5) is 50.9. The Morgan fingerprint density at radius 1 is 0.971 bits per heavy atom. The first-order valence-electron chi connectivity index (χ1n) is 22.4. The van der Waals surface area contributed by atoms with Crippen molar-refractivity contribution in [3.05, 3.63) is 84.5 Å². The second-order valence-electron chi connectivity index (χ2n) is 14.5. The number of nitrogens with zero attached hydrogens (tertiary/aromatic N) is 4. The fraction of sp³-hybridized carbons (Fsp3) is 0.375. The predicted octanol–water partition coefficient (Wildman–Crippen LogP) is 9.50. The number of aliphatic hydroxyl groups excluding tert-OH is 1. The van der Waals surface area contributed by atoms with Crippen molar-refractivity contribution in [1.82, 2.24) is 19.8 Å². The molecule has 14 nitrogen and oxygen atoms in total. The SMILES string of the molecule is C#C.C#C.C#C.C#C.C=C(C)N.C=C(CC)CC(=O)N(CC=Nc1ccc2cc3c(cc2c1NC)OCc1cc(-c2cnc(CN(C(=O)CCC)[C@@H](C)CC)[nH]2)ccc1-3)CCC.CO.COC.NC=O. The number of primary amides is 1. The second-order valence-corrected chi connectivity index (χ2v) is 14.5. The maximum absolute atomic E-state index is 12.8. The third-order valence-electron chi connectivity index (χ3n) is 9.57. The minimum absolute atomic E-state index is 0.0897. The van der Waals surface area contributed by atoms with Crippen LogP contribution < -0.4 is 21.5 Å². The van der Waals surface area contributed by atoms with E-state index in [0.717, 1.165) is 100 Å². The topological polar surface area (TPSA) is 201 Å². The van der Waals surface area contributed by atoms with Crippen LogP contribution in [-0.4, -0.2) is 96.8 Å². The molecule has 0 spiro atoms. The van der Waals surface area contributed by atoms with Crippen LogP contribution in [0.2, 0.25) is 0 Å². The number of H-pyrrole nitrogens is 1. The van der Waals surface area contributed by atoms with Crippen molar-refractivity contribution in [2.45, 2.75) is 99.3 Å². The molecule has 380 valence electrons. The molecule has 0 unspecified atom stereocenters. The van der Waals surface area contributed by atoms with Crippen molar-refractivity contribution in [3.63, 3.8) is 0 Å². The number of ether oxygens (including phenoxy) is 2. The summed E-state index contributed by atoms with van der Waals surface area (Å²) in [5.41, 5.74) is 17.7. The van der Waals surface area contributed by atoms with Crippen molar-refractivity contribution in [2.24, 2.45) is 16.5 Å². The maximum atomic E-state index is 12.8. The Labute approximate surface area is 420 Å². The molecule has 14 heteroatoms. The van der Waals surface area contributed by atoms with Gasteiger partial charge in [0, 0.05) is 71.0 Å². The van der Waals surface area contributed by atoms with E-state index >= 15 is 0 Å². The molecule has 2 heterocycles. The number of terminal acetylenes is 4. The lowest BCUT2D eigenvalue weighted by molar-refractivity contribution is -0.134. The number of nitrogens with two attached hydrogens (primary N) is 2. The van der Waals surface area contributed by atoms with Crippen LogP contribution in [0.25, 0.3) is 33.2 Å². The Morgan fingerprint density at radius 2 is 1.56 bits per heavy atom. The number of fused-ring (bicyclic) bond motifs is 4. The first-order chi connectivity index (χ1) is 33.8. The largest absolute Gasteiger partial charge is 0.488 e. The molecule has 5 rings (SSSR count). The standard InChI is InChI=1S/C41H52N6O3.C3H7N.C2H6O.4C2H2.CH3NO.CH4O/c1-8-12-39(48)47(28(6)11-4)25-38-44-24-36(45-38)30-13-15-32-31(21-30)26-50-37-23-33-29(22-34(32)37)14-16-35(41(33)42-7)43-17-19-46(18-9-2)40(49)20-27(5)10-3;1-3(2)4;1-3-2;4*1-2;2-1-3;1-2/h13-17,21-24,28,42H,5,8-12,18-20,25-26H2,1-4,6-7H3,(H,44,45);1,4H2,2H3;1-2H3;4*1-2H;1H,(H2,2,3);2H,1H3/t28-;;;;;;;;/m0......../s1. The molecule has 0 saturated carbocycles. The summed E-state index contributed by atoms with van der Waals surface area (Å²) in [5.74, 6) is 1.87. The molecule has 70 heavy (non-hydrogen) atoms. The molecule has 0 aliphatic carbocycles. The van der Waals surface area contributed by atoms with E-state index in [1.807, 2.05) is 49.2 Å². The van der Waals surface area contributed by atoms with Crippen molar-refractivity contribution < 1.29 is 29.0 Å². The van der Waals surface area contributed by atoms with Crippen molar-refractivity contribution in [3.8, 4) is 79.5 Å². The van der Waals surface area contributed by atoms with Crippen LogP contribution >= 0.6 is 0 Å². The second kappa shape index (κ2) is 42.6. The predicted molar refractivity (Wildman–Crippen MR) is 295 cm³/mol. The third kappa shape index (κ3) is 23.8. The number of imidazole rings is 1. The number of carbonyl (C=O) groups excluding carboxylic acids is 3. The average Bonchev–Trinajstić information content (AvgIpc) is 3.86. The first kappa shape index (κ1) is 68.8. The number of benzene rings is 3. The number of aromatic nitrogens is 2. The van der Waals surface area contributed by atoms with Gasteiger partial charge in [0.25, 0.3) is 0 Å². The van der Waals surface area contributed by atoms with Crippen molar-refractivity contribution >= 4 is 46.6 Å². The van der Waals surface area contributed by atoms with Gasteiger partial charge in [-0.2, -0.15) is 0 Å². The van der Waals surface area contributed by atoms with Gasteiger partial charge < -0.3 is 46.1 Å². The molecule has 3 aromatic carbocycles. The summed E-state index contributed by atoms with van der Waals surface area (Å²) in [5, 5.41) is 12.5. The molecule has 4 aromatic rings. The zero-order chi connectivity index (χ0) is 54.8. The van der Waals surface area contributed by atoms with Gasteiger partial charge in [-0.25, -0.2) is 4.98 Å². The Balaban J connectivity index is -0.000000950. The van der Waals surface area contributed by atoms with Crippen molar-refractivity contribution in [2.75, 3.05) is 46.8 Å². The number of methoxy groups -OCH3 is 1. The number of nitrogens with one attached hydrogen (secondary N) is 2. The van der Waals surface area contributed by atoms with E-state index in [2.05, 4.69) is 147 Å². The van der Waals surface area contributed by atoms with Crippen LogP contribution in [0, 0.1) is 51.4 Å². The molecule has 1 aliphatic rings. The summed E-state index contributed by atoms with van der Waals surface area (Å²) in [6.07, 6.45) is 40.3. The molecule has 0 saturated heterocycles. The molecule has 0 radical (unpaired) electrons. The van der Waals surface area contributed by atoms with E-state index < -0.39 is 0 Å². The molecule has 1 aromatic heterocycles. The van der Waals surface area contributed by atoms with Crippen LogP contribution in [0.3, 0.4) is 0 Å². The Kier molecular flexibility index (Phi) is 41.9. The minimum Gasteiger partial charge on any atom is -0.488 e. The van der Waals surface area contributed by atoms with E-state index in [-0.39, 0.29) is 24.3 Å². The van der Waals surface area contributed by atoms with Crippen LogP contribution in [0.15, 0.2) is 78.1 Å². The fourth-order valence-electron chi connectivity index (χ4n) is 6.43. The van der Waals surface area contributed by atoms with Gasteiger partial charge >= 0.3 is 0 Å². The highest BCUT2D eigenvalue weighted by atomic mass is 16.5. The van der Waals surface area contributed by atoms with Crippen LogP contribution in [0.5, 0.6) is 5.75 Å². The Bertz CT molecular complexity index is 2220. The number of rotatable bonds is 16. The molecule has 3 amide bonds. The highest BCUT2D eigenvalue weighted by molar-refractivity contribution is 6.03. The average molecular weight is 961 g/mol. The molecule has 1 aliphatic heterocycles. The zero-order valence-electron chi connectivity index (χ0n) is 43.4. The van der Waals surface area contributed by atoms with Gasteiger partial charge in [0.1, 0.15) is 18.2 Å². The van der Waals surface area contributed by atoms with E-state index in [0.29, 0.717) is 44.8 Å². The number of aromatic amines is 1. The molecular formula is C56H80N8O6. The Morgan fingerprint density at radius 3 is 2.07 bits per heavy atom. The number of anilines is 1. The monoisotopic (exact) mass is 961 g/mol. The van der Waals surface area contributed by atoms with E-state index in [1.165, 1.54) is 0 Å². The van der Waals surface area contributed by atoms with Gasteiger partial charge in [-0.3, -0.25) is 19.4 Å². The summed E-state index contributed by atoms with van der Waals surface area (Å²) in [6, 6.07) is 15.0. The summed E-state index contributed by atoms with van der Waals surface area (Å²) < 4.78 is 10.6. The van der Waals surface area contributed by atoms with Crippen molar-refractivity contribution in [1.29, 1.82) is 0 Å². The molecule has 7 N–H and O–H groups in total. The number of aliphatic hydroxyl groups is 1. The van der Waals surface area contributed by atoms with Crippen LogP contribution in [0.4, 0.5) is 11.4 Å². The smallest absolute Gasteiger partial charge is 0.226 e. The van der Waals surface area contributed by atoms with Gasteiger partial charge in [0.2, 0.25) is 18.2 Å². The minimum atomic E-state index is 0.0897. The number of hydrogen-bond acceptors (Lipinski definition) is 10. The van der Waals surface area contributed by atoms with Gasteiger partial charge in [0.05, 0.1) is 36.4 Å². The van der Waals surface area contributed by atoms with Gasteiger partial charge in [-0.15, -0.1) is 51.4 Å². The number of carbonyl (C=O) groups is 3. The van der Waals surface area contributed by atoms with Crippen LogP contribution in [0.1, 0.15) is 91.5 Å². The normalized spacial score (nSPS) is 10.0. The van der Waals surface area contributed by atoms with Gasteiger partial charge in [-0.1, -0.05) is 64.6 Å². The highest BCUT2D eigenvalue weighted by Gasteiger charge is 2.23. The lowest BCUT2D eigenvalue weighted by Crippen LogP contribution is -2.37. The number of amides is 3. The Hall–Kier alpha value is -7.75. The molecular weight excluding hydrogens is 881 g/mol. The van der Waals surface area contributed by atoms with E-state index in [4.69, 9.17) is 25.4 Å². The summed E-state index contributed by atoms with van der Waals surface area (Å²) in [7, 11) is 6.15. The van der Waals surface area contributed by atoms with E-state index in [1.54, 1.807) is 21.1 Å². The fourth-order valence-corrected chi connectivity index (χ4v) is 6.43. The molecule has 1 atom stereocenters. The van der Waals surface area contributed by atoms with Crippen LogP contribution in [-0.2, 0) is 32.3 Å². The highest BCUT2D eigenvalue weighted by Crippen LogP contribution is 2.44. The van der Waals surface area contributed by atoms with Gasteiger partial charge in [0.15, 0.2) is 0 Å². The number of hydrogen-bond donors (Lipinski definition) is 5. The quantitative estimate of drug-likeness (QED) is 0.0314. The molecule has 0 fully saturated rings. The molecule has 0 bridgehead atoms. The number of allylic oxidation sites excluding steroid dienone is 1. The zero-order valence-corrected chi connectivity index (χ0v) is 43.4. The first-order valence-corrected chi connectivity index (χ1v) is 22.4. The van der Waals surface area contributed by atoms with E-state index in [9.17, 15) is 9.59 Å². The lowest BCUT2D eigenvalue weighted by atomic mass is 9.92. The maximum Gasteiger partial charge on any atom is 0.226 e. The number of aliphatic imine (C=N–C) groups is 1. The lowest BCUT2D eigenvalue weighted by Gasteiger charge is -2.27. The summed E-state index contributed by atoms with van der Waals surface area (Å²) in [6.45, 7) is 21.5.